The van der Waals surface area contributed by atoms with Gasteiger partial charge in [-0.1, -0.05) is 31.9 Å². The summed E-state index contributed by atoms with van der Waals surface area (Å²) in [4.78, 5) is 1.08. The first-order chi connectivity index (χ1) is 8.70. The SMILES string of the molecule is ClCCOC[C@@H]1CO[C@H]([C@@H]2CC[C@@H](Br)[C@H](Br)C2)O1. The van der Waals surface area contributed by atoms with Gasteiger partial charge < -0.3 is 14.2 Å². The van der Waals surface area contributed by atoms with Gasteiger partial charge in [-0.15, -0.1) is 11.6 Å². The molecule has 0 radical (unpaired) electrons. The van der Waals surface area contributed by atoms with Gasteiger partial charge in [-0.2, -0.15) is 0 Å². The molecule has 18 heavy (non-hydrogen) atoms. The maximum atomic E-state index is 5.90. The van der Waals surface area contributed by atoms with Gasteiger partial charge in [-0.25, -0.2) is 0 Å². The van der Waals surface area contributed by atoms with Crippen molar-refractivity contribution in [1.29, 1.82) is 0 Å². The predicted molar refractivity (Wildman–Crippen MR) is 78.9 cm³/mol. The maximum absolute atomic E-state index is 5.90. The zero-order valence-electron chi connectivity index (χ0n) is 10.2. The topological polar surface area (TPSA) is 27.7 Å². The van der Waals surface area contributed by atoms with Crippen molar-refractivity contribution in [3.05, 3.63) is 0 Å². The average Bonchev–Trinajstić information content (AvgIpc) is 2.82. The van der Waals surface area contributed by atoms with E-state index >= 15 is 0 Å². The first-order valence-corrected chi connectivity index (χ1v) is 8.76. The number of hydrogen-bond acceptors (Lipinski definition) is 3. The molecule has 0 spiro atoms. The summed E-state index contributed by atoms with van der Waals surface area (Å²) in [6.45, 7) is 1.78. The quantitative estimate of drug-likeness (QED) is 0.518. The fourth-order valence-electron chi connectivity index (χ4n) is 2.43. The Morgan fingerprint density at radius 2 is 2.06 bits per heavy atom. The molecule has 1 heterocycles. The van der Waals surface area contributed by atoms with Gasteiger partial charge >= 0.3 is 0 Å². The third-order valence-corrected chi connectivity index (χ3v) is 6.39. The minimum Gasteiger partial charge on any atom is -0.377 e. The molecule has 2 aliphatic rings. The lowest BCUT2D eigenvalue weighted by Crippen LogP contribution is -2.33. The lowest BCUT2D eigenvalue weighted by molar-refractivity contribution is -0.111. The summed E-state index contributed by atoms with van der Waals surface area (Å²) in [5.41, 5.74) is 0. The fourth-order valence-corrected chi connectivity index (χ4v) is 3.76. The molecule has 6 heteroatoms. The van der Waals surface area contributed by atoms with Crippen molar-refractivity contribution in [1.82, 2.24) is 0 Å². The number of rotatable bonds is 5. The molecule has 0 amide bonds. The van der Waals surface area contributed by atoms with Crippen LogP contribution in [0.15, 0.2) is 0 Å². The first kappa shape index (κ1) is 15.5. The van der Waals surface area contributed by atoms with Crippen molar-refractivity contribution in [3.8, 4) is 0 Å². The summed E-state index contributed by atoms with van der Waals surface area (Å²) in [7, 11) is 0. The number of ether oxygens (including phenoxy) is 3. The molecule has 5 atom stereocenters. The van der Waals surface area contributed by atoms with E-state index in [0.29, 0.717) is 41.3 Å². The summed E-state index contributed by atoms with van der Waals surface area (Å²) in [6.07, 6.45) is 3.41. The lowest BCUT2D eigenvalue weighted by Gasteiger charge is -2.32. The van der Waals surface area contributed by atoms with E-state index in [9.17, 15) is 0 Å². The van der Waals surface area contributed by atoms with Gasteiger partial charge in [0.15, 0.2) is 6.29 Å². The monoisotopic (exact) mass is 404 g/mol. The molecule has 1 aliphatic heterocycles. The maximum Gasteiger partial charge on any atom is 0.161 e. The molecule has 2 rings (SSSR count). The second-order valence-corrected chi connectivity index (χ2v) is 7.56. The first-order valence-electron chi connectivity index (χ1n) is 6.39. The van der Waals surface area contributed by atoms with Gasteiger partial charge in [0.1, 0.15) is 6.10 Å². The molecular weight excluding hydrogens is 387 g/mol. The largest absolute Gasteiger partial charge is 0.377 e. The van der Waals surface area contributed by atoms with Crippen LogP contribution >= 0.6 is 43.5 Å². The predicted octanol–water partition coefficient (Wildman–Crippen LogP) is 3.31. The Hall–Kier alpha value is 1.13. The summed E-state index contributed by atoms with van der Waals surface area (Å²) in [6, 6.07) is 0. The standard InChI is InChI=1S/C12H19Br2ClO3/c13-10-2-1-8(5-11(10)14)12-17-7-9(18-12)6-16-4-3-15/h8-12H,1-7H2/t8-,9-,10-,11-,12+/m1/s1. The summed E-state index contributed by atoms with van der Waals surface area (Å²) in [5, 5.41) is 0. The third-order valence-electron chi connectivity index (χ3n) is 3.42. The van der Waals surface area contributed by atoms with Crippen molar-refractivity contribution >= 4 is 43.5 Å². The highest BCUT2D eigenvalue weighted by molar-refractivity contribution is 9.12. The van der Waals surface area contributed by atoms with Crippen molar-refractivity contribution in [2.45, 2.75) is 41.3 Å². The molecule has 0 bridgehead atoms. The summed E-state index contributed by atoms with van der Waals surface area (Å²) < 4.78 is 17.0. The molecule has 1 saturated carbocycles. The van der Waals surface area contributed by atoms with Crippen LogP contribution in [-0.4, -0.2) is 47.7 Å². The second kappa shape index (κ2) is 7.79. The Morgan fingerprint density at radius 3 is 2.78 bits per heavy atom. The van der Waals surface area contributed by atoms with E-state index < -0.39 is 0 Å². The van der Waals surface area contributed by atoms with Crippen LogP contribution in [0.5, 0.6) is 0 Å². The Morgan fingerprint density at radius 1 is 1.22 bits per heavy atom. The van der Waals surface area contributed by atoms with E-state index in [-0.39, 0.29) is 12.4 Å². The van der Waals surface area contributed by atoms with Crippen molar-refractivity contribution in [3.63, 3.8) is 0 Å². The van der Waals surface area contributed by atoms with Gasteiger partial charge in [0.25, 0.3) is 0 Å². The molecule has 3 nitrogen and oxygen atoms in total. The van der Waals surface area contributed by atoms with E-state index in [1.165, 1.54) is 0 Å². The number of halogens is 3. The van der Waals surface area contributed by atoms with E-state index in [1.807, 2.05) is 0 Å². The van der Waals surface area contributed by atoms with Crippen LogP contribution < -0.4 is 0 Å². The molecule has 2 fully saturated rings. The van der Waals surface area contributed by atoms with Crippen LogP contribution in [0, 0.1) is 5.92 Å². The van der Waals surface area contributed by atoms with Crippen LogP contribution in [0.3, 0.4) is 0 Å². The van der Waals surface area contributed by atoms with Gasteiger partial charge in [0, 0.05) is 21.5 Å². The van der Waals surface area contributed by atoms with E-state index in [1.54, 1.807) is 0 Å². The molecule has 0 aromatic rings. The molecule has 0 unspecified atom stereocenters. The molecule has 0 aromatic carbocycles. The highest BCUT2D eigenvalue weighted by Gasteiger charge is 2.37. The van der Waals surface area contributed by atoms with Crippen molar-refractivity contribution in [2.24, 2.45) is 5.92 Å². The van der Waals surface area contributed by atoms with Crippen LogP contribution in [0.1, 0.15) is 19.3 Å². The van der Waals surface area contributed by atoms with E-state index in [2.05, 4.69) is 31.9 Å². The normalized spacial score (nSPS) is 41.2. The molecule has 106 valence electrons. The lowest BCUT2D eigenvalue weighted by atomic mass is 9.88. The Labute approximate surface area is 130 Å². The van der Waals surface area contributed by atoms with Crippen molar-refractivity contribution < 1.29 is 14.2 Å². The van der Waals surface area contributed by atoms with Gasteiger partial charge in [0.2, 0.25) is 0 Å². The molecular formula is C12H19Br2ClO3. The fraction of sp³-hybridized carbons (Fsp3) is 1.00. The van der Waals surface area contributed by atoms with E-state index in [4.69, 9.17) is 25.8 Å². The third kappa shape index (κ3) is 4.32. The number of hydrogen-bond donors (Lipinski definition) is 0. The molecule has 1 saturated heterocycles. The summed E-state index contributed by atoms with van der Waals surface area (Å²) in [5.74, 6) is 1.01. The van der Waals surface area contributed by atoms with Crippen LogP contribution in [0.25, 0.3) is 0 Å². The highest BCUT2D eigenvalue weighted by Crippen LogP contribution is 2.37. The zero-order chi connectivity index (χ0) is 13.0. The number of alkyl halides is 3. The summed E-state index contributed by atoms with van der Waals surface area (Å²) >= 11 is 13.0. The minimum atomic E-state index is -0.0605. The van der Waals surface area contributed by atoms with Gasteiger partial charge in [-0.05, 0) is 19.3 Å². The van der Waals surface area contributed by atoms with Crippen LogP contribution in [-0.2, 0) is 14.2 Å². The average molecular weight is 407 g/mol. The highest BCUT2D eigenvalue weighted by atomic mass is 79.9. The smallest absolute Gasteiger partial charge is 0.161 e. The van der Waals surface area contributed by atoms with Crippen LogP contribution in [0.4, 0.5) is 0 Å². The minimum absolute atomic E-state index is 0.0605. The molecule has 0 N–H and O–H groups in total. The zero-order valence-corrected chi connectivity index (χ0v) is 14.1. The Kier molecular flexibility index (Phi) is 6.72. The van der Waals surface area contributed by atoms with Gasteiger partial charge in [0.05, 0.1) is 19.8 Å². The van der Waals surface area contributed by atoms with E-state index in [0.717, 1.165) is 19.3 Å². The molecule has 0 aromatic heterocycles. The Bertz CT molecular complexity index is 257. The van der Waals surface area contributed by atoms with Crippen molar-refractivity contribution in [2.75, 3.05) is 25.7 Å². The second-order valence-electron chi connectivity index (χ2n) is 4.83. The van der Waals surface area contributed by atoms with Gasteiger partial charge in [-0.3, -0.25) is 0 Å². The van der Waals surface area contributed by atoms with Crippen LogP contribution in [0.2, 0.25) is 0 Å². The molecule has 1 aliphatic carbocycles. The Balaban J connectivity index is 1.71.